The molecule has 0 radical (unpaired) electrons. The minimum absolute atomic E-state index is 0.0174. The topological polar surface area (TPSA) is 52.6 Å². The van der Waals surface area contributed by atoms with Crippen LogP contribution >= 0.6 is 11.3 Å². The first-order chi connectivity index (χ1) is 12.6. The molecule has 4 nitrogen and oxygen atoms in total. The Bertz CT molecular complexity index is 697. The molecule has 0 fully saturated rings. The summed E-state index contributed by atoms with van der Waals surface area (Å²) in [6, 6.07) is 3.66. The molecule has 0 aliphatic heterocycles. The molecule has 2 rings (SSSR count). The Labute approximate surface area is 168 Å². The van der Waals surface area contributed by atoms with Gasteiger partial charge in [0.05, 0.1) is 29.2 Å². The van der Waals surface area contributed by atoms with Gasteiger partial charge in [-0.25, -0.2) is 4.79 Å². The number of hydrogen-bond acceptors (Lipinski definition) is 5. The maximum atomic E-state index is 13.0. The van der Waals surface area contributed by atoms with Gasteiger partial charge in [0.25, 0.3) is 8.32 Å². The number of Topliss-reactive ketones (excluding diaryl/α,β-unsaturated/α-hetero) is 1. The standard InChI is InChI=1S/C21H32O4SSi/c1-12(2)27(13(3)4,14(5)6)25-20-15(7)17(18(20)21(23)24-8)19(22)16-10-9-11-26-16/h9-15,17H,1-8H3/t15-,17-/m1/s1. The van der Waals surface area contributed by atoms with Gasteiger partial charge in [-0.3, -0.25) is 4.79 Å². The Hall–Kier alpha value is -1.40. The molecule has 0 spiro atoms. The molecule has 0 amide bonds. The number of carbonyl (C=O) groups excluding carboxylic acids is 2. The average Bonchev–Trinajstić information content (AvgIpc) is 3.12. The van der Waals surface area contributed by atoms with Gasteiger partial charge < -0.3 is 9.16 Å². The SMILES string of the molecule is COC(=O)C1=C(O[Si](C(C)C)(C(C)C)C(C)C)[C@H](C)[C@H]1C(=O)c1cccs1. The minimum atomic E-state index is -2.21. The van der Waals surface area contributed by atoms with Gasteiger partial charge in [0.1, 0.15) is 0 Å². The molecule has 0 N–H and O–H groups in total. The number of rotatable bonds is 8. The minimum Gasteiger partial charge on any atom is -0.545 e. The Morgan fingerprint density at radius 3 is 2.04 bits per heavy atom. The van der Waals surface area contributed by atoms with E-state index in [1.54, 1.807) is 0 Å². The van der Waals surface area contributed by atoms with Crippen molar-refractivity contribution < 1.29 is 18.8 Å². The van der Waals surface area contributed by atoms with Crippen molar-refractivity contribution >= 4 is 31.4 Å². The van der Waals surface area contributed by atoms with Gasteiger partial charge in [-0.05, 0) is 28.1 Å². The maximum absolute atomic E-state index is 13.0. The molecule has 0 saturated carbocycles. The highest BCUT2D eigenvalue weighted by atomic mass is 32.1. The number of esters is 1. The fraction of sp³-hybridized carbons (Fsp3) is 0.619. The van der Waals surface area contributed by atoms with E-state index >= 15 is 0 Å². The van der Waals surface area contributed by atoms with Gasteiger partial charge >= 0.3 is 5.97 Å². The number of ketones is 1. The van der Waals surface area contributed by atoms with Crippen LogP contribution in [-0.4, -0.2) is 27.2 Å². The normalized spacial score (nSPS) is 20.3. The van der Waals surface area contributed by atoms with Crippen LogP contribution in [-0.2, 0) is 14.0 Å². The van der Waals surface area contributed by atoms with Crippen molar-refractivity contribution in [2.75, 3.05) is 7.11 Å². The maximum Gasteiger partial charge on any atom is 0.337 e. The zero-order valence-corrected chi connectivity index (χ0v) is 19.5. The van der Waals surface area contributed by atoms with Gasteiger partial charge in [0.15, 0.2) is 5.78 Å². The number of carbonyl (C=O) groups is 2. The smallest absolute Gasteiger partial charge is 0.337 e. The van der Waals surface area contributed by atoms with Crippen molar-refractivity contribution in [3.63, 3.8) is 0 Å². The van der Waals surface area contributed by atoms with Crippen LogP contribution in [0.1, 0.15) is 58.1 Å². The van der Waals surface area contributed by atoms with Gasteiger partial charge in [-0.2, -0.15) is 0 Å². The molecule has 1 aliphatic rings. The Kier molecular flexibility index (Phi) is 6.74. The van der Waals surface area contributed by atoms with E-state index in [9.17, 15) is 9.59 Å². The third-order valence-corrected chi connectivity index (χ3v) is 12.8. The van der Waals surface area contributed by atoms with E-state index in [0.717, 1.165) is 0 Å². The van der Waals surface area contributed by atoms with Crippen molar-refractivity contribution in [2.45, 2.75) is 65.1 Å². The fourth-order valence-electron chi connectivity index (χ4n) is 4.66. The second-order valence-corrected chi connectivity index (χ2v) is 14.6. The Balaban J connectivity index is 2.49. The summed E-state index contributed by atoms with van der Waals surface area (Å²) in [4.78, 5) is 26.2. The largest absolute Gasteiger partial charge is 0.545 e. The van der Waals surface area contributed by atoms with Crippen molar-refractivity contribution in [1.82, 2.24) is 0 Å². The molecule has 2 atom stereocenters. The summed E-state index contributed by atoms with van der Waals surface area (Å²) >= 11 is 1.40. The molecular weight excluding hydrogens is 376 g/mol. The first kappa shape index (κ1) is 21.9. The van der Waals surface area contributed by atoms with E-state index in [2.05, 4.69) is 41.5 Å². The average molecular weight is 409 g/mol. The molecule has 1 aromatic heterocycles. The quantitative estimate of drug-likeness (QED) is 0.309. The van der Waals surface area contributed by atoms with E-state index in [0.29, 0.717) is 32.8 Å². The zero-order chi connectivity index (χ0) is 20.5. The van der Waals surface area contributed by atoms with E-state index < -0.39 is 20.2 Å². The van der Waals surface area contributed by atoms with Crippen LogP contribution in [0.5, 0.6) is 0 Å². The van der Waals surface area contributed by atoms with Gasteiger partial charge in [0.2, 0.25) is 0 Å². The van der Waals surface area contributed by atoms with E-state index in [1.165, 1.54) is 18.4 Å². The molecule has 0 bridgehead atoms. The fourth-order valence-corrected chi connectivity index (χ4v) is 10.8. The molecule has 1 aromatic rings. The monoisotopic (exact) mass is 408 g/mol. The predicted octanol–water partition coefficient (Wildman–Crippen LogP) is 5.82. The van der Waals surface area contributed by atoms with Crippen LogP contribution in [0.4, 0.5) is 0 Å². The van der Waals surface area contributed by atoms with Crippen LogP contribution in [0.3, 0.4) is 0 Å². The first-order valence-corrected chi connectivity index (χ1v) is 12.7. The first-order valence-electron chi connectivity index (χ1n) is 9.68. The highest BCUT2D eigenvalue weighted by Crippen LogP contribution is 2.51. The number of allylic oxidation sites excluding steroid dienone is 1. The molecule has 6 heteroatoms. The molecule has 0 aromatic carbocycles. The highest BCUT2D eigenvalue weighted by Gasteiger charge is 2.54. The van der Waals surface area contributed by atoms with Crippen molar-refractivity contribution in [2.24, 2.45) is 11.8 Å². The van der Waals surface area contributed by atoms with Crippen LogP contribution in [0.25, 0.3) is 0 Å². The molecule has 0 saturated heterocycles. The van der Waals surface area contributed by atoms with Crippen molar-refractivity contribution in [1.29, 1.82) is 0 Å². The number of thiophene rings is 1. The van der Waals surface area contributed by atoms with Gasteiger partial charge in [-0.15, -0.1) is 11.3 Å². The lowest BCUT2D eigenvalue weighted by atomic mass is 9.71. The van der Waals surface area contributed by atoms with Crippen LogP contribution in [0, 0.1) is 11.8 Å². The lowest BCUT2D eigenvalue weighted by Crippen LogP contribution is -2.51. The predicted molar refractivity (Wildman–Crippen MR) is 112 cm³/mol. The number of hydrogen-bond donors (Lipinski definition) is 0. The summed E-state index contributed by atoms with van der Waals surface area (Å²) < 4.78 is 11.8. The van der Waals surface area contributed by atoms with E-state index in [4.69, 9.17) is 9.16 Å². The molecule has 1 aliphatic carbocycles. The Morgan fingerprint density at radius 1 is 1.07 bits per heavy atom. The van der Waals surface area contributed by atoms with Crippen LogP contribution in [0.15, 0.2) is 28.8 Å². The molecule has 27 heavy (non-hydrogen) atoms. The third-order valence-electron chi connectivity index (χ3n) is 5.94. The Morgan fingerprint density at radius 2 is 1.63 bits per heavy atom. The number of ether oxygens (including phenoxy) is 1. The lowest BCUT2D eigenvalue weighted by molar-refractivity contribution is -0.137. The summed E-state index contributed by atoms with van der Waals surface area (Å²) in [7, 11) is -0.846. The second kappa shape index (κ2) is 8.31. The summed E-state index contributed by atoms with van der Waals surface area (Å²) in [5, 5.41) is 1.88. The lowest BCUT2D eigenvalue weighted by Gasteiger charge is -2.48. The second-order valence-electron chi connectivity index (χ2n) is 8.30. The molecular formula is C21H32O4SSi. The summed E-state index contributed by atoms with van der Waals surface area (Å²) in [5.74, 6) is -0.381. The van der Waals surface area contributed by atoms with Gasteiger partial charge in [0, 0.05) is 5.92 Å². The zero-order valence-electron chi connectivity index (χ0n) is 17.7. The van der Waals surface area contributed by atoms with E-state index in [1.807, 2.05) is 24.4 Å². The van der Waals surface area contributed by atoms with Crippen molar-refractivity contribution in [3.8, 4) is 0 Å². The summed E-state index contributed by atoms with van der Waals surface area (Å²) in [5.41, 5.74) is 1.59. The van der Waals surface area contributed by atoms with Crippen molar-refractivity contribution in [3.05, 3.63) is 33.7 Å². The molecule has 150 valence electrons. The van der Waals surface area contributed by atoms with E-state index in [-0.39, 0.29) is 11.7 Å². The summed E-state index contributed by atoms with van der Waals surface area (Å²) in [6.45, 7) is 15.2. The van der Waals surface area contributed by atoms with Crippen LogP contribution in [0.2, 0.25) is 16.6 Å². The number of methoxy groups -OCH3 is 1. The third kappa shape index (κ3) is 3.66. The molecule has 1 heterocycles. The van der Waals surface area contributed by atoms with Crippen LogP contribution < -0.4 is 0 Å². The summed E-state index contributed by atoms with van der Waals surface area (Å²) in [6.07, 6.45) is 0. The van der Waals surface area contributed by atoms with Gasteiger partial charge in [-0.1, -0.05) is 54.5 Å². The highest BCUT2D eigenvalue weighted by molar-refractivity contribution is 7.12. The molecule has 0 unspecified atom stereocenters.